The van der Waals surface area contributed by atoms with Crippen molar-refractivity contribution in [2.24, 2.45) is 0 Å². The molecule has 4 rings (SSSR count). The number of anilines is 2. The van der Waals surface area contributed by atoms with Crippen LogP contribution in [0.25, 0.3) is 0 Å². The Bertz CT molecular complexity index is 937. The van der Waals surface area contributed by atoms with Crippen LogP contribution < -0.4 is 10.2 Å². The fourth-order valence-corrected chi connectivity index (χ4v) is 4.60. The van der Waals surface area contributed by atoms with E-state index in [2.05, 4.69) is 28.1 Å². The highest BCUT2D eigenvalue weighted by Crippen LogP contribution is 2.28. The van der Waals surface area contributed by atoms with Crippen LogP contribution >= 0.6 is 0 Å². The van der Waals surface area contributed by atoms with Crippen molar-refractivity contribution in [3.05, 3.63) is 59.7 Å². The van der Waals surface area contributed by atoms with Crippen LogP contribution in [0.5, 0.6) is 0 Å². The predicted octanol–water partition coefficient (Wildman–Crippen LogP) is 2.78. The van der Waals surface area contributed by atoms with E-state index in [0.717, 1.165) is 62.5 Å². The molecule has 1 saturated heterocycles. The van der Waals surface area contributed by atoms with Gasteiger partial charge in [0, 0.05) is 44.1 Å². The lowest BCUT2D eigenvalue weighted by molar-refractivity contribution is -0.124. The molecule has 2 heterocycles. The Morgan fingerprint density at radius 2 is 1.68 bits per heavy atom. The first kappa shape index (κ1) is 21.5. The van der Waals surface area contributed by atoms with E-state index in [1.807, 2.05) is 54.3 Å². The Labute approximate surface area is 184 Å². The highest BCUT2D eigenvalue weighted by atomic mass is 16.2. The summed E-state index contributed by atoms with van der Waals surface area (Å²) in [5, 5.41) is 3.05. The van der Waals surface area contributed by atoms with E-state index >= 15 is 0 Å². The number of rotatable bonds is 6. The van der Waals surface area contributed by atoms with Crippen molar-refractivity contribution in [3.63, 3.8) is 0 Å². The van der Waals surface area contributed by atoms with Gasteiger partial charge in [0.15, 0.2) is 0 Å². The van der Waals surface area contributed by atoms with E-state index in [4.69, 9.17) is 0 Å². The Hall–Kier alpha value is -2.70. The summed E-state index contributed by atoms with van der Waals surface area (Å²) in [6.07, 6.45) is 1.82. The first-order valence-corrected chi connectivity index (χ1v) is 11.3. The van der Waals surface area contributed by atoms with Crippen LogP contribution in [-0.4, -0.2) is 66.9 Å². The number of piperazine rings is 1. The molecule has 2 amide bonds. The van der Waals surface area contributed by atoms with Gasteiger partial charge in [-0.05, 0) is 43.0 Å². The number of carbonyl (C=O) groups excluding carboxylic acids is 2. The first-order chi connectivity index (χ1) is 15.1. The third kappa shape index (κ3) is 4.81. The van der Waals surface area contributed by atoms with Crippen LogP contribution in [0, 0.1) is 0 Å². The fraction of sp³-hybridized carbons (Fsp3) is 0.440. The van der Waals surface area contributed by atoms with Gasteiger partial charge in [-0.3, -0.25) is 19.4 Å². The second-order valence-corrected chi connectivity index (χ2v) is 8.42. The number of amides is 2. The molecule has 2 aliphatic rings. The van der Waals surface area contributed by atoms with Crippen LogP contribution in [0.4, 0.5) is 11.4 Å². The lowest BCUT2D eigenvalue weighted by Gasteiger charge is -2.38. The molecule has 0 spiro atoms. The standard InChI is InChI=1S/C25H32N4O2/c1-3-20-8-4-6-10-22(20)26-24(30)18-27-14-16-28(17-15-27)19(2)25(31)29-13-12-21-9-5-7-11-23(21)29/h4-11,19H,3,12-18H2,1-2H3,(H,26,30)/t19-/m0/s1. The van der Waals surface area contributed by atoms with E-state index in [0.29, 0.717) is 6.54 Å². The average Bonchev–Trinajstić information content (AvgIpc) is 3.23. The average molecular weight is 421 g/mol. The number of nitrogens with one attached hydrogen (secondary N) is 1. The second kappa shape index (κ2) is 9.62. The topological polar surface area (TPSA) is 55.9 Å². The lowest BCUT2D eigenvalue weighted by Crippen LogP contribution is -2.55. The molecule has 1 N–H and O–H groups in total. The van der Waals surface area contributed by atoms with Crippen LogP contribution in [0.15, 0.2) is 48.5 Å². The molecule has 2 aromatic rings. The van der Waals surface area contributed by atoms with Gasteiger partial charge < -0.3 is 10.2 Å². The van der Waals surface area contributed by atoms with Gasteiger partial charge in [-0.1, -0.05) is 43.3 Å². The van der Waals surface area contributed by atoms with Crippen molar-refractivity contribution in [2.45, 2.75) is 32.7 Å². The molecular formula is C25H32N4O2. The van der Waals surface area contributed by atoms with E-state index in [-0.39, 0.29) is 17.9 Å². The van der Waals surface area contributed by atoms with Crippen molar-refractivity contribution in [1.29, 1.82) is 0 Å². The molecule has 0 radical (unpaired) electrons. The molecule has 0 aliphatic carbocycles. The van der Waals surface area contributed by atoms with E-state index < -0.39 is 0 Å². The quantitative estimate of drug-likeness (QED) is 0.781. The zero-order valence-electron chi connectivity index (χ0n) is 18.5. The summed E-state index contributed by atoms with van der Waals surface area (Å²) in [5.41, 5.74) is 4.36. The Balaban J connectivity index is 1.27. The molecule has 1 fully saturated rings. The Morgan fingerprint density at radius 3 is 2.45 bits per heavy atom. The van der Waals surface area contributed by atoms with Gasteiger partial charge >= 0.3 is 0 Å². The van der Waals surface area contributed by atoms with Crippen LogP contribution in [0.1, 0.15) is 25.0 Å². The lowest BCUT2D eigenvalue weighted by atomic mass is 10.1. The largest absolute Gasteiger partial charge is 0.325 e. The molecule has 0 aromatic heterocycles. The number of aryl methyl sites for hydroxylation is 1. The van der Waals surface area contributed by atoms with Gasteiger partial charge in [0.05, 0.1) is 12.6 Å². The van der Waals surface area contributed by atoms with Gasteiger partial charge in [0.1, 0.15) is 0 Å². The summed E-state index contributed by atoms with van der Waals surface area (Å²) >= 11 is 0. The summed E-state index contributed by atoms with van der Waals surface area (Å²) in [7, 11) is 0. The maximum atomic E-state index is 13.1. The normalized spacial score (nSPS) is 17.9. The molecule has 0 saturated carbocycles. The zero-order chi connectivity index (χ0) is 21.8. The minimum Gasteiger partial charge on any atom is -0.325 e. The van der Waals surface area contributed by atoms with Crippen molar-refractivity contribution in [1.82, 2.24) is 9.80 Å². The SMILES string of the molecule is CCc1ccccc1NC(=O)CN1CCN([C@@H](C)C(=O)N2CCc3ccccc32)CC1. The van der Waals surface area contributed by atoms with E-state index in [1.54, 1.807) is 0 Å². The molecule has 0 unspecified atom stereocenters. The molecule has 31 heavy (non-hydrogen) atoms. The summed E-state index contributed by atoms with van der Waals surface area (Å²) < 4.78 is 0. The van der Waals surface area contributed by atoms with Gasteiger partial charge in [-0.25, -0.2) is 0 Å². The molecule has 2 aromatic carbocycles. The third-order valence-electron chi connectivity index (χ3n) is 6.50. The number of hydrogen-bond acceptors (Lipinski definition) is 4. The highest BCUT2D eigenvalue weighted by molar-refractivity contribution is 5.98. The molecule has 0 bridgehead atoms. The van der Waals surface area contributed by atoms with Gasteiger partial charge in [0.25, 0.3) is 0 Å². The predicted molar refractivity (Wildman–Crippen MR) is 124 cm³/mol. The van der Waals surface area contributed by atoms with Crippen molar-refractivity contribution in [2.75, 3.05) is 49.5 Å². The first-order valence-electron chi connectivity index (χ1n) is 11.3. The van der Waals surface area contributed by atoms with E-state index in [1.165, 1.54) is 5.56 Å². The number of para-hydroxylation sites is 2. The minimum atomic E-state index is -0.154. The second-order valence-electron chi connectivity index (χ2n) is 8.42. The van der Waals surface area contributed by atoms with Crippen molar-refractivity contribution in [3.8, 4) is 0 Å². The Kier molecular flexibility index (Phi) is 6.68. The zero-order valence-corrected chi connectivity index (χ0v) is 18.5. The van der Waals surface area contributed by atoms with Crippen LogP contribution in [0.3, 0.4) is 0 Å². The summed E-state index contributed by atoms with van der Waals surface area (Å²) in [5.74, 6) is 0.194. The van der Waals surface area contributed by atoms with Crippen molar-refractivity contribution >= 4 is 23.2 Å². The summed E-state index contributed by atoms with van der Waals surface area (Å²) in [4.78, 5) is 32.0. The molecule has 2 aliphatic heterocycles. The maximum Gasteiger partial charge on any atom is 0.244 e. The molecule has 6 nitrogen and oxygen atoms in total. The third-order valence-corrected chi connectivity index (χ3v) is 6.50. The minimum absolute atomic E-state index is 0.0205. The molecular weight excluding hydrogens is 388 g/mol. The maximum absolute atomic E-state index is 13.1. The smallest absolute Gasteiger partial charge is 0.244 e. The molecule has 164 valence electrons. The van der Waals surface area contributed by atoms with Gasteiger partial charge in [-0.2, -0.15) is 0 Å². The highest BCUT2D eigenvalue weighted by Gasteiger charge is 2.32. The Morgan fingerprint density at radius 1 is 0.968 bits per heavy atom. The number of nitrogens with zero attached hydrogens (tertiary/aromatic N) is 3. The fourth-order valence-electron chi connectivity index (χ4n) is 4.60. The molecule has 6 heteroatoms. The van der Waals surface area contributed by atoms with Crippen LogP contribution in [-0.2, 0) is 22.4 Å². The number of carbonyl (C=O) groups is 2. The van der Waals surface area contributed by atoms with Gasteiger partial charge in [-0.15, -0.1) is 0 Å². The van der Waals surface area contributed by atoms with Crippen LogP contribution in [0.2, 0.25) is 0 Å². The van der Waals surface area contributed by atoms with Crippen molar-refractivity contribution < 1.29 is 9.59 Å². The monoisotopic (exact) mass is 420 g/mol. The summed E-state index contributed by atoms with van der Waals surface area (Å²) in [6.45, 7) is 8.41. The number of hydrogen-bond donors (Lipinski definition) is 1. The number of benzene rings is 2. The van der Waals surface area contributed by atoms with E-state index in [9.17, 15) is 9.59 Å². The summed E-state index contributed by atoms with van der Waals surface area (Å²) in [6, 6.07) is 16.0. The van der Waals surface area contributed by atoms with Gasteiger partial charge in [0.2, 0.25) is 11.8 Å². The molecule has 1 atom stereocenters. The number of fused-ring (bicyclic) bond motifs is 1.